The third-order valence-electron chi connectivity index (χ3n) is 7.20. The van der Waals surface area contributed by atoms with Crippen molar-refractivity contribution in [2.75, 3.05) is 26.0 Å². The molecule has 2 atom stereocenters. The van der Waals surface area contributed by atoms with E-state index in [1.54, 1.807) is 25.2 Å². The highest BCUT2D eigenvalue weighted by atomic mass is 16.5. The van der Waals surface area contributed by atoms with Crippen LogP contribution < -0.4 is 10.1 Å². The summed E-state index contributed by atoms with van der Waals surface area (Å²) in [5.41, 5.74) is 9.52. The molecular formula is C29H31N3O4. The maximum absolute atomic E-state index is 12.5. The van der Waals surface area contributed by atoms with Gasteiger partial charge in [0.25, 0.3) is 5.91 Å². The standard InChI is InChI=1S/C29H31N3O4/c1-16-10-18(29(35)32(3)4)11-17(2)27(16)23-7-5-6-22-21(23)8-9-24(22)31-20-13-25-28(30-14-20)19(15-36-25)12-26(33)34/h5-7,10-11,13-14,19,24,31H,8-9,12,15H2,1-4H3,(H,33,34)/t19?,24-/m1/s1. The van der Waals surface area contributed by atoms with Crippen LogP contribution in [0.5, 0.6) is 5.75 Å². The lowest BCUT2D eigenvalue weighted by molar-refractivity contribution is -0.137. The van der Waals surface area contributed by atoms with E-state index in [2.05, 4.69) is 42.3 Å². The van der Waals surface area contributed by atoms with Crippen molar-refractivity contribution in [3.63, 3.8) is 0 Å². The molecule has 186 valence electrons. The first-order chi connectivity index (χ1) is 17.2. The molecule has 0 saturated carbocycles. The molecule has 3 aromatic rings. The van der Waals surface area contributed by atoms with Crippen LogP contribution in [0, 0.1) is 13.8 Å². The first kappa shape index (κ1) is 23.9. The molecule has 5 rings (SSSR count). The number of rotatable bonds is 6. The first-order valence-corrected chi connectivity index (χ1v) is 12.3. The Bertz CT molecular complexity index is 1340. The van der Waals surface area contributed by atoms with Gasteiger partial charge in [0, 0.05) is 31.6 Å². The van der Waals surface area contributed by atoms with E-state index >= 15 is 0 Å². The molecule has 1 amide bonds. The van der Waals surface area contributed by atoms with Crippen molar-refractivity contribution in [3.8, 4) is 16.9 Å². The molecule has 0 fully saturated rings. The van der Waals surface area contributed by atoms with Crippen molar-refractivity contribution in [2.45, 2.75) is 45.1 Å². The highest BCUT2D eigenvalue weighted by Crippen LogP contribution is 2.42. The number of nitrogens with one attached hydrogen (secondary N) is 1. The second kappa shape index (κ2) is 9.30. The topological polar surface area (TPSA) is 91.8 Å². The normalized spacial score (nSPS) is 17.8. The summed E-state index contributed by atoms with van der Waals surface area (Å²) in [4.78, 5) is 29.8. The predicted molar refractivity (Wildman–Crippen MR) is 139 cm³/mol. The monoisotopic (exact) mass is 485 g/mol. The van der Waals surface area contributed by atoms with Crippen LogP contribution in [0.2, 0.25) is 0 Å². The van der Waals surface area contributed by atoms with Crippen molar-refractivity contribution in [3.05, 3.63) is 76.1 Å². The Balaban J connectivity index is 1.42. The van der Waals surface area contributed by atoms with Crippen LogP contribution in [-0.4, -0.2) is 47.6 Å². The SMILES string of the molecule is Cc1cc(C(=O)N(C)C)cc(C)c1-c1cccc2c1CC[C@H]2Nc1cnc2c(c1)OCC2CC(=O)O. The van der Waals surface area contributed by atoms with E-state index in [-0.39, 0.29) is 24.3 Å². The van der Waals surface area contributed by atoms with E-state index in [1.807, 2.05) is 18.2 Å². The number of carbonyl (C=O) groups excluding carboxylic acids is 1. The van der Waals surface area contributed by atoms with Crippen molar-refractivity contribution in [1.82, 2.24) is 9.88 Å². The molecule has 0 radical (unpaired) electrons. The number of benzene rings is 2. The van der Waals surface area contributed by atoms with E-state index in [4.69, 9.17) is 9.84 Å². The minimum atomic E-state index is -0.844. The number of hydrogen-bond donors (Lipinski definition) is 2. The molecule has 7 nitrogen and oxygen atoms in total. The maximum atomic E-state index is 12.5. The quantitative estimate of drug-likeness (QED) is 0.504. The Hall–Kier alpha value is -3.87. The van der Waals surface area contributed by atoms with Gasteiger partial charge in [-0.25, -0.2) is 0 Å². The molecule has 1 aliphatic carbocycles. The van der Waals surface area contributed by atoms with Gasteiger partial charge in [-0.15, -0.1) is 0 Å². The minimum Gasteiger partial charge on any atom is -0.491 e. The van der Waals surface area contributed by atoms with Crippen LogP contribution in [0.25, 0.3) is 11.1 Å². The predicted octanol–water partition coefficient (Wildman–Crippen LogP) is 5.12. The number of aryl methyl sites for hydroxylation is 2. The Morgan fingerprint density at radius 3 is 2.61 bits per heavy atom. The fourth-order valence-corrected chi connectivity index (χ4v) is 5.60. The zero-order chi connectivity index (χ0) is 25.6. The van der Waals surface area contributed by atoms with Gasteiger partial charge in [-0.3, -0.25) is 14.6 Å². The fourth-order valence-electron chi connectivity index (χ4n) is 5.60. The van der Waals surface area contributed by atoms with Gasteiger partial charge < -0.3 is 20.1 Å². The number of fused-ring (bicyclic) bond motifs is 2. The van der Waals surface area contributed by atoms with Crippen LogP contribution in [0.4, 0.5) is 5.69 Å². The van der Waals surface area contributed by atoms with Gasteiger partial charge in [0.05, 0.1) is 36.6 Å². The van der Waals surface area contributed by atoms with Crippen molar-refractivity contribution in [1.29, 1.82) is 0 Å². The summed E-state index contributed by atoms with van der Waals surface area (Å²) in [6.07, 6.45) is 3.71. The van der Waals surface area contributed by atoms with Gasteiger partial charge in [0.15, 0.2) is 0 Å². The number of anilines is 1. The van der Waals surface area contributed by atoms with E-state index in [0.717, 1.165) is 35.3 Å². The van der Waals surface area contributed by atoms with Crippen LogP contribution in [0.15, 0.2) is 42.6 Å². The van der Waals surface area contributed by atoms with Gasteiger partial charge in [0.1, 0.15) is 5.75 Å². The number of carboxylic acid groups (broad SMARTS) is 1. The number of nitrogens with zero attached hydrogens (tertiary/aromatic N) is 2. The van der Waals surface area contributed by atoms with E-state index in [0.29, 0.717) is 17.9 Å². The van der Waals surface area contributed by atoms with Gasteiger partial charge in [-0.1, -0.05) is 18.2 Å². The number of carboxylic acids is 1. The number of ether oxygens (including phenoxy) is 1. The molecule has 2 aliphatic rings. The molecule has 2 aromatic carbocycles. The molecule has 36 heavy (non-hydrogen) atoms. The highest BCUT2D eigenvalue weighted by molar-refractivity contribution is 5.95. The molecule has 0 saturated heterocycles. The molecule has 7 heteroatoms. The van der Waals surface area contributed by atoms with Crippen LogP contribution in [0.1, 0.15) is 63.1 Å². The summed E-state index contributed by atoms with van der Waals surface area (Å²) in [6.45, 7) is 4.50. The zero-order valence-electron chi connectivity index (χ0n) is 21.1. The Kier molecular flexibility index (Phi) is 6.16. The summed E-state index contributed by atoms with van der Waals surface area (Å²) in [6, 6.07) is 12.5. The second-order valence-corrected chi connectivity index (χ2v) is 10.0. The van der Waals surface area contributed by atoms with Gasteiger partial charge in [0.2, 0.25) is 0 Å². The summed E-state index contributed by atoms with van der Waals surface area (Å²) < 4.78 is 5.74. The van der Waals surface area contributed by atoms with Crippen molar-refractivity contribution < 1.29 is 19.4 Å². The Labute approximate surface area is 211 Å². The van der Waals surface area contributed by atoms with Gasteiger partial charge in [-0.05, 0) is 72.2 Å². The van der Waals surface area contributed by atoms with Gasteiger partial charge in [-0.2, -0.15) is 0 Å². The number of carbonyl (C=O) groups is 2. The number of pyridine rings is 1. The molecule has 2 heterocycles. The molecular weight excluding hydrogens is 454 g/mol. The molecule has 1 aromatic heterocycles. The van der Waals surface area contributed by atoms with E-state index in [1.165, 1.54) is 22.3 Å². The molecule has 0 bridgehead atoms. The van der Waals surface area contributed by atoms with E-state index < -0.39 is 5.97 Å². The van der Waals surface area contributed by atoms with Crippen LogP contribution in [-0.2, 0) is 11.2 Å². The third kappa shape index (κ3) is 4.30. The summed E-state index contributed by atoms with van der Waals surface area (Å²) >= 11 is 0. The number of aromatic nitrogens is 1. The molecule has 1 unspecified atom stereocenters. The number of hydrogen-bond acceptors (Lipinski definition) is 5. The Morgan fingerprint density at radius 2 is 1.92 bits per heavy atom. The van der Waals surface area contributed by atoms with Crippen LogP contribution >= 0.6 is 0 Å². The number of aliphatic carboxylic acids is 1. The first-order valence-electron chi connectivity index (χ1n) is 12.3. The maximum Gasteiger partial charge on any atom is 0.304 e. The third-order valence-corrected chi connectivity index (χ3v) is 7.20. The molecule has 2 N–H and O–H groups in total. The van der Waals surface area contributed by atoms with Crippen LogP contribution in [0.3, 0.4) is 0 Å². The Morgan fingerprint density at radius 1 is 1.17 bits per heavy atom. The summed E-state index contributed by atoms with van der Waals surface area (Å²) in [7, 11) is 3.55. The number of amides is 1. The largest absolute Gasteiger partial charge is 0.491 e. The zero-order valence-corrected chi connectivity index (χ0v) is 21.1. The lowest BCUT2D eigenvalue weighted by Crippen LogP contribution is -2.22. The van der Waals surface area contributed by atoms with Crippen molar-refractivity contribution in [2.24, 2.45) is 0 Å². The molecule has 1 aliphatic heterocycles. The average Bonchev–Trinajstić information content (AvgIpc) is 3.42. The van der Waals surface area contributed by atoms with E-state index in [9.17, 15) is 9.59 Å². The fraction of sp³-hybridized carbons (Fsp3) is 0.345. The highest BCUT2D eigenvalue weighted by Gasteiger charge is 2.30. The molecule has 0 spiro atoms. The van der Waals surface area contributed by atoms with Gasteiger partial charge >= 0.3 is 5.97 Å². The lowest BCUT2D eigenvalue weighted by atomic mass is 9.89. The summed E-state index contributed by atoms with van der Waals surface area (Å²) in [5, 5.41) is 12.7. The summed E-state index contributed by atoms with van der Waals surface area (Å²) in [5.74, 6) is -0.371. The van der Waals surface area contributed by atoms with Crippen molar-refractivity contribution >= 4 is 17.6 Å². The average molecular weight is 486 g/mol. The smallest absolute Gasteiger partial charge is 0.304 e. The minimum absolute atomic E-state index is 0.0107. The lowest BCUT2D eigenvalue weighted by Gasteiger charge is -2.19. The second-order valence-electron chi connectivity index (χ2n) is 10.0.